The van der Waals surface area contributed by atoms with Crippen molar-refractivity contribution in [1.82, 2.24) is 16.0 Å². The van der Waals surface area contributed by atoms with Crippen LogP contribution in [0.15, 0.2) is 30.3 Å². The number of ether oxygens (including phenoxy) is 8. The molecule has 0 saturated carbocycles. The summed E-state index contributed by atoms with van der Waals surface area (Å²) >= 11 is 0. The minimum atomic E-state index is -3.82. The van der Waals surface area contributed by atoms with Crippen molar-refractivity contribution in [3.8, 4) is 0 Å². The molecule has 3 amide bonds. The quantitative estimate of drug-likeness (QED) is 0.0462. The summed E-state index contributed by atoms with van der Waals surface area (Å²) in [6.07, 6.45) is -2.36. The van der Waals surface area contributed by atoms with Gasteiger partial charge in [0.2, 0.25) is 11.8 Å². The molecule has 0 aromatic heterocycles. The number of alkyl carbamates (subject to hydrolysis) is 1. The molecule has 1 aromatic carbocycles. The van der Waals surface area contributed by atoms with Crippen LogP contribution in [0.3, 0.4) is 0 Å². The topological polar surface area (TPSA) is 178 Å². The Morgan fingerprint density at radius 3 is 1.98 bits per heavy atom. The van der Waals surface area contributed by atoms with Gasteiger partial charge in [-0.05, 0) is 45.1 Å². The molecular formula is C43H71F2N3O12. The normalized spacial score (nSPS) is 20.7. The zero-order valence-electron chi connectivity index (χ0n) is 36.7. The Bertz CT molecular complexity index is 1360. The summed E-state index contributed by atoms with van der Waals surface area (Å²) in [5, 5.41) is 7.39. The molecule has 344 valence electrons. The number of halogens is 2. The zero-order chi connectivity index (χ0) is 44.3. The van der Waals surface area contributed by atoms with E-state index in [0.29, 0.717) is 38.0 Å². The summed E-state index contributed by atoms with van der Waals surface area (Å²) in [7, 11) is 1.36. The second kappa shape index (κ2) is 29.7. The van der Waals surface area contributed by atoms with E-state index < -0.39 is 91.3 Å². The average molecular weight is 860 g/mol. The molecule has 1 unspecified atom stereocenters. The molecular weight excluding hydrogens is 788 g/mol. The molecule has 15 nitrogen and oxygen atoms in total. The Labute approximate surface area is 354 Å². The van der Waals surface area contributed by atoms with Crippen molar-refractivity contribution in [3.63, 3.8) is 0 Å². The van der Waals surface area contributed by atoms with E-state index in [-0.39, 0.29) is 33.2 Å². The van der Waals surface area contributed by atoms with E-state index in [1.165, 1.54) is 21.0 Å². The van der Waals surface area contributed by atoms with Crippen LogP contribution in [0.25, 0.3) is 0 Å². The second-order valence-corrected chi connectivity index (χ2v) is 15.0. The van der Waals surface area contributed by atoms with Crippen molar-refractivity contribution in [2.75, 3.05) is 53.5 Å². The molecule has 1 aliphatic heterocycles. The van der Waals surface area contributed by atoms with Crippen molar-refractivity contribution < 1.29 is 65.9 Å². The number of benzene rings is 1. The Balaban J connectivity index is 2.45. The van der Waals surface area contributed by atoms with Gasteiger partial charge in [-0.1, -0.05) is 83.7 Å². The number of rotatable bonds is 31. The van der Waals surface area contributed by atoms with Crippen LogP contribution < -0.4 is 16.0 Å². The van der Waals surface area contributed by atoms with Gasteiger partial charge >= 0.3 is 12.1 Å². The average Bonchev–Trinajstić information content (AvgIpc) is 3.23. The number of methoxy groups -OCH3 is 1. The maximum atomic E-state index is 17.1. The second-order valence-electron chi connectivity index (χ2n) is 15.0. The first-order chi connectivity index (χ1) is 28.8. The summed E-state index contributed by atoms with van der Waals surface area (Å²) in [5.74, 6) is -7.83. The molecule has 17 heteroatoms. The van der Waals surface area contributed by atoms with E-state index in [0.717, 1.165) is 32.1 Å². The van der Waals surface area contributed by atoms with Gasteiger partial charge in [0.25, 0.3) is 5.92 Å². The van der Waals surface area contributed by atoms with Crippen LogP contribution in [0, 0.1) is 5.92 Å². The Hall–Kier alpha value is -3.48. The highest BCUT2D eigenvalue weighted by Crippen LogP contribution is 2.40. The molecule has 0 aliphatic carbocycles. The zero-order valence-corrected chi connectivity index (χ0v) is 36.7. The smallest absolute Gasteiger partial charge is 0.407 e. The van der Waals surface area contributed by atoms with E-state index in [9.17, 15) is 19.2 Å². The third-order valence-corrected chi connectivity index (χ3v) is 9.77. The first kappa shape index (κ1) is 52.7. The standard InChI is InChI=1S/C43H71F2N3O12/c1-8-12-21-54-28-34-35(55-22-13-9-2)36(56-23-14-10-3)37(59-29-53-7)38(60-34)43(44,45)25-33(26-46-42(52)58-27-32-19-17-16-18-20-32)40(50)47-30(5)39(49)48-31(6)41(51)57-24-15-11-4/h16-20,30-31,33-38H,8-15,21-29H2,1-7H3,(H,46,52)(H,47,50)(H,48,49)/t30-,31-,33?,34+,35-,36-,37-,38-/m0/s1. The molecule has 1 aromatic rings. The van der Waals surface area contributed by atoms with Crippen molar-refractivity contribution in [2.45, 2.75) is 154 Å². The first-order valence-corrected chi connectivity index (χ1v) is 21.5. The van der Waals surface area contributed by atoms with E-state index >= 15 is 8.78 Å². The van der Waals surface area contributed by atoms with Gasteiger partial charge in [0.1, 0.15) is 49.9 Å². The van der Waals surface area contributed by atoms with Gasteiger partial charge in [0.05, 0.1) is 19.1 Å². The molecule has 60 heavy (non-hydrogen) atoms. The number of hydrogen-bond donors (Lipinski definition) is 3. The fraction of sp³-hybridized carbons (Fsp3) is 0.767. The number of nitrogens with one attached hydrogen (secondary N) is 3. The molecule has 1 saturated heterocycles. The highest BCUT2D eigenvalue weighted by molar-refractivity contribution is 5.91. The van der Waals surface area contributed by atoms with Gasteiger partial charge in [0, 0.05) is 39.9 Å². The largest absolute Gasteiger partial charge is 0.464 e. The van der Waals surface area contributed by atoms with Crippen LogP contribution in [0.2, 0.25) is 0 Å². The molecule has 1 aliphatic rings. The summed E-state index contributed by atoms with van der Waals surface area (Å²) in [4.78, 5) is 52.2. The highest BCUT2D eigenvalue weighted by Gasteiger charge is 2.58. The van der Waals surface area contributed by atoms with Gasteiger partial charge in [0.15, 0.2) is 6.10 Å². The van der Waals surface area contributed by atoms with Crippen LogP contribution >= 0.6 is 0 Å². The van der Waals surface area contributed by atoms with E-state index in [2.05, 4.69) is 16.0 Å². The lowest BCUT2D eigenvalue weighted by molar-refractivity contribution is -0.314. The summed E-state index contributed by atoms with van der Waals surface area (Å²) < 4.78 is 80.6. The summed E-state index contributed by atoms with van der Waals surface area (Å²) in [6.45, 7) is 10.7. The Morgan fingerprint density at radius 2 is 1.35 bits per heavy atom. The summed E-state index contributed by atoms with van der Waals surface area (Å²) in [5.41, 5.74) is 0.689. The molecule has 1 fully saturated rings. The number of carbonyl (C=O) groups is 4. The predicted octanol–water partition coefficient (Wildman–Crippen LogP) is 5.85. The Kier molecular flexibility index (Phi) is 26.1. The van der Waals surface area contributed by atoms with Crippen molar-refractivity contribution in [3.05, 3.63) is 35.9 Å². The minimum absolute atomic E-state index is 0.0655. The molecule has 8 atom stereocenters. The number of amides is 3. The molecule has 3 N–H and O–H groups in total. The third-order valence-electron chi connectivity index (χ3n) is 9.77. The lowest BCUT2D eigenvalue weighted by Gasteiger charge is -2.48. The molecule has 1 heterocycles. The van der Waals surface area contributed by atoms with Crippen molar-refractivity contribution in [1.29, 1.82) is 0 Å². The van der Waals surface area contributed by atoms with Crippen LogP contribution in [0.5, 0.6) is 0 Å². The first-order valence-electron chi connectivity index (χ1n) is 21.5. The number of alkyl halides is 2. The maximum absolute atomic E-state index is 17.1. The fourth-order valence-corrected chi connectivity index (χ4v) is 6.20. The monoisotopic (exact) mass is 860 g/mol. The highest BCUT2D eigenvalue weighted by atomic mass is 19.3. The Morgan fingerprint density at radius 1 is 0.750 bits per heavy atom. The number of esters is 1. The third kappa shape index (κ3) is 19.1. The van der Waals surface area contributed by atoms with Crippen LogP contribution in [0.4, 0.5) is 13.6 Å². The maximum Gasteiger partial charge on any atom is 0.407 e. The van der Waals surface area contributed by atoms with E-state index in [4.69, 9.17) is 37.9 Å². The number of carbonyl (C=O) groups excluding carboxylic acids is 4. The van der Waals surface area contributed by atoms with Crippen LogP contribution in [-0.2, 0) is 58.9 Å². The van der Waals surface area contributed by atoms with Crippen LogP contribution in [0.1, 0.15) is 105 Å². The van der Waals surface area contributed by atoms with Crippen LogP contribution in [-0.4, -0.2) is 126 Å². The van der Waals surface area contributed by atoms with Crippen molar-refractivity contribution >= 4 is 23.9 Å². The SMILES string of the molecule is CCCCOC[C@H]1O[C@H](C(F)(F)CC(CNC(=O)OCc2ccccc2)C(=O)N[C@@H](C)C(=O)N[C@@H](C)C(=O)OCCCC)[C@@H](OCOC)[C@@H](OCCCC)[C@H]1OCCCC. The van der Waals surface area contributed by atoms with Gasteiger partial charge in [-0.25, -0.2) is 18.4 Å². The lowest BCUT2D eigenvalue weighted by atomic mass is 9.87. The van der Waals surface area contributed by atoms with Gasteiger partial charge in [-0.3, -0.25) is 9.59 Å². The van der Waals surface area contributed by atoms with Gasteiger partial charge < -0.3 is 53.8 Å². The van der Waals surface area contributed by atoms with Crippen molar-refractivity contribution in [2.24, 2.45) is 5.92 Å². The molecule has 2 rings (SSSR count). The van der Waals surface area contributed by atoms with E-state index in [1.54, 1.807) is 30.3 Å². The number of hydrogen-bond acceptors (Lipinski definition) is 12. The molecule has 0 spiro atoms. The predicted molar refractivity (Wildman–Crippen MR) is 219 cm³/mol. The minimum Gasteiger partial charge on any atom is -0.464 e. The van der Waals surface area contributed by atoms with Gasteiger partial charge in [-0.2, -0.15) is 0 Å². The summed E-state index contributed by atoms with van der Waals surface area (Å²) in [6, 6.07) is 6.52. The lowest BCUT2D eigenvalue weighted by Crippen LogP contribution is -2.66. The fourth-order valence-electron chi connectivity index (χ4n) is 6.20. The molecule has 0 bridgehead atoms. The van der Waals surface area contributed by atoms with Gasteiger partial charge in [-0.15, -0.1) is 0 Å². The van der Waals surface area contributed by atoms with E-state index in [1.807, 2.05) is 27.7 Å². The molecule has 0 radical (unpaired) electrons. The number of unbranched alkanes of at least 4 members (excludes halogenated alkanes) is 4.